The first-order valence-electron chi connectivity index (χ1n) is 8.74. The number of carbonyl (C=O) groups is 1. The van der Waals surface area contributed by atoms with E-state index in [0.29, 0.717) is 25.1 Å². The van der Waals surface area contributed by atoms with Crippen molar-refractivity contribution in [2.24, 2.45) is 5.16 Å². The lowest BCUT2D eigenvalue weighted by molar-refractivity contribution is -0.124. The summed E-state index contributed by atoms with van der Waals surface area (Å²) in [6.45, 7) is 6.32. The van der Waals surface area contributed by atoms with E-state index in [1.54, 1.807) is 36.2 Å². The highest BCUT2D eigenvalue weighted by molar-refractivity contribution is 7.89. The minimum Gasteiger partial charge on any atom is -0.387 e. The predicted molar refractivity (Wildman–Crippen MR) is 98.3 cm³/mol. The number of hydrogen-bond donors (Lipinski definition) is 0. The van der Waals surface area contributed by atoms with Crippen LogP contribution in [0.15, 0.2) is 34.3 Å². The molecule has 2 aliphatic heterocycles. The molecule has 1 atom stereocenters. The van der Waals surface area contributed by atoms with Crippen LogP contribution in [0.4, 0.5) is 0 Å². The maximum absolute atomic E-state index is 12.9. The Morgan fingerprint density at radius 1 is 1.31 bits per heavy atom. The highest BCUT2D eigenvalue weighted by atomic mass is 32.2. The number of aryl methyl sites for hydroxylation is 1. The van der Waals surface area contributed by atoms with E-state index in [-0.39, 0.29) is 23.4 Å². The molecule has 142 valence electrons. The van der Waals surface area contributed by atoms with E-state index >= 15 is 0 Å². The van der Waals surface area contributed by atoms with Crippen LogP contribution in [-0.2, 0) is 19.7 Å². The Balaban J connectivity index is 1.71. The molecule has 2 aliphatic rings. The van der Waals surface area contributed by atoms with Gasteiger partial charge in [0.25, 0.3) is 5.91 Å². The van der Waals surface area contributed by atoms with Crippen molar-refractivity contribution in [1.29, 1.82) is 0 Å². The van der Waals surface area contributed by atoms with Crippen molar-refractivity contribution in [3.8, 4) is 0 Å². The zero-order chi connectivity index (χ0) is 19.1. The molecule has 0 aromatic heterocycles. The van der Waals surface area contributed by atoms with Gasteiger partial charge in [0, 0.05) is 32.5 Å². The Bertz CT molecular complexity index is 832. The Kier molecular flexibility index (Phi) is 4.83. The second-order valence-electron chi connectivity index (χ2n) is 7.40. The topological polar surface area (TPSA) is 79.3 Å². The number of benzene rings is 1. The second kappa shape index (κ2) is 6.66. The van der Waals surface area contributed by atoms with Gasteiger partial charge in [0.05, 0.1) is 11.4 Å². The van der Waals surface area contributed by atoms with Crippen LogP contribution in [0.5, 0.6) is 0 Å². The zero-order valence-corrected chi connectivity index (χ0v) is 16.4. The van der Waals surface area contributed by atoms with Gasteiger partial charge in [0.1, 0.15) is 5.71 Å². The molecule has 0 saturated carbocycles. The van der Waals surface area contributed by atoms with Crippen LogP contribution < -0.4 is 0 Å². The van der Waals surface area contributed by atoms with Crippen molar-refractivity contribution in [3.63, 3.8) is 0 Å². The first-order valence-corrected chi connectivity index (χ1v) is 10.2. The van der Waals surface area contributed by atoms with Crippen molar-refractivity contribution in [1.82, 2.24) is 9.21 Å². The molecular weight excluding hydrogens is 354 g/mol. The lowest BCUT2D eigenvalue weighted by Gasteiger charge is -2.23. The molecule has 1 fully saturated rings. The Labute approximate surface area is 154 Å². The van der Waals surface area contributed by atoms with E-state index < -0.39 is 15.6 Å². The Hall–Kier alpha value is -1.93. The number of amides is 1. The van der Waals surface area contributed by atoms with E-state index in [2.05, 4.69) is 5.16 Å². The number of carbonyl (C=O) groups excluding carboxylic acids is 1. The van der Waals surface area contributed by atoms with Crippen LogP contribution in [0.2, 0.25) is 0 Å². The molecule has 26 heavy (non-hydrogen) atoms. The van der Waals surface area contributed by atoms with E-state index in [1.165, 1.54) is 4.31 Å². The molecule has 0 radical (unpaired) electrons. The SMILES string of the molecule is Cc1ccc(S(=O)(=O)N2CC[C@]3(CC(C(=O)N(C)C(C)C)=NO3)C2)cc1. The molecule has 1 spiro atoms. The van der Waals surface area contributed by atoms with Crippen LogP contribution in [0, 0.1) is 6.92 Å². The first-order chi connectivity index (χ1) is 12.1. The van der Waals surface area contributed by atoms with Crippen molar-refractivity contribution >= 4 is 21.6 Å². The van der Waals surface area contributed by atoms with E-state index in [9.17, 15) is 13.2 Å². The van der Waals surface area contributed by atoms with Crippen molar-refractivity contribution in [2.75, 3.05) is 20.1 Å². The quantitative estimate of drug-likeness (QED) is 0.799. The zero-order valence-electron chi connectivity index (χ0n) is 15.6. The summed E-state index contributed by atoms with van der Waals surface area (Å²) >= 11 is 0. The summed E-state index contributed by atoms with van der Waals surface area (Å²) in [7, 11) is -1.85. The highest BCUT2D eigenvalue weighted by Gasteiger charge is 2.50. The predicted octanol–water partition coefficient (Wildman–Crippen LogP) is 1.77. The molecule has 0 bridgehead atoms. The normalized spacial score (nSPS) is 23.3. The van der Waals surface area contributed by atoms with Crippen LogP contribution >= 0.6 is 0 Å². The van der Waals surface area contributed by atoms with E-state index in [1.807, 2.05) is 20.8 Å². The lowest BCUT2D eigenvalue weighted by atomic mass is 9.96. The molecule has 3 rings (SSSR count). The molecule has 8 heteroatoms. The van der Waals surface area contributed by atoms with Gasteiger partial charge in [-0.2, -0.15) is 4.31 Å². The average molecular weight is 379 g/mol. The minimum atomic E-state index is -3.58. The monoisotopic (exact) mass is 379 g/mol. The van der Waals surface area contributed by atoms with Gasteiger partial charge in [-0.3, -0.25) is 4.79 Å². The summed E-state index contributed by atoms with van der Waals surface area (Å²) < 4.78 is 27.1. The van der Waals surface area contributed by atoms with Crippen LogP contribution in [0.25, 0.3) is 0 Å². The summed E-state index contributed by atoms with van der Waals surface area (Å²) in [5.74, 6) is -0.170. The third-order valence-electron chi connectivity index (χ3n) is 5.12. The van der Waals surface area contributed by atoms with Gasteiger partial charge in [0.15, 0.2) is 5.60 Å². The summed E-state index contributed by atoms with van der Waals surface area (Å²) in [4.78, 5) is 19.9. The molecule has 0 N–H and O–H groups in total. The highest BCUT2D eigenvalue weighted by Crippen LogP contribution is 2.36. The standard InChI is InChI=1S/C18H25N3O4S/c1-13(2)20(4)17(22)16-11-18(25-19-16)9-10-21(12-18)26(23,24)15-7-5-14(3)6-8-15/h5-8,13H,9-12H2,1-4H3/t18-/m0/s1. The van der Waals surface area contributed by atoms with Gasteiger partial charge in [-0.25, -0.2) is 8.42 Å². The minimum absolute atomic E-state index is 0.0590. The number of nitrogens with zero attached hydrogens (tertiary/aromatic N) is 3. The van der Waals surface area contributed by atoms with Gasteiger partial charge in [-0.15, -0.1) is 0 Å². The maximum Gasteiger partial charge on any atom is 0.271 e. The van der Waals surface area contributed by atoms with E-state index in [4.69, 9.17) is 4.84 Å². The smallest absolute Gasteiger partial charge is 0.271 e. The summed E-state index contributed by atoms with van der Waals surface area (Å²) in [5.41, 5.74) is 0.628. The van der Waals surface area contributed by atoms with E-state index in [0.717, 1.165) is 5.56 Å². The molecule has 1 aromatic carbocycles. The third kappa shape index (κ3) is 3.35. The number of sulfonamides is 1. The Morgan fingerprint density at radius 2 is 1.96 bits per heavy atom. The number of oxime groups is 1. The van der Waals surface area contributed by atoms with Crippen molar-refractivity contribution in [2.45, 2.75) is 50.2 Å². The van der Waals surface area contributed by atoms with Crippen molar-refractivity contribution in [3.05, 3.63) is 29.8 Å². The molecule has 1 saturated heterocycles. The molecular formula is C18H25N3O4S. The molecule has 1 aromatic rings. The number of hydrogen-bond acceptors (Lipinski definition) is 5. The molecule has 0 aliphatic carbocycles. The fourth-order valence-electron chi connectivity index (χ4n) is 3.17. The van der Waals surface area contributed by atoms with Gasteiger partial charge < -0.3 is 9.74 Å². The first kappa shape index (κ1) is 18.8. The molecule has 2 heterocycles. The molecule has 7 nitrogen and oxygen atoms in total. The number of rotatable bonds is 4. The summed E-state index contributed by atoms with van der Waals surface area (Å²) in [6, 6.07) is 6.87. The second-order valence-corrected chi connectivity index (χ2v) is 9.34. The Morgan fingerprint density at radius 3 is 2.58 bits per heavy atom. The van der Waals surface area contributed by atoms with Crippen molar-refractivity contribution < 1.29 is 18.0 Å². The average Bonchev–Trinajstić information content (AvgIpc) is 3.22. The lowest BCUT2D eigenvalue weighted by Crippen LogP contribution is -2.40. The summed E-state index contributed by atoms with van der Waals surface area (Å²) in [6.07, 6.45) is 0.854. The van der Waals surface area contributed by atoms with Crippen LogP contribution in [0.1, 0.15) is 32.3 Å². The van der Waals surface area contributed by atoms with Crippen LogP contribution in [0.3, 0.4) is 0 Å². The molecule has 1 amide bonds. The van der Waals surface area contributed by atoms with Crippen LogP contribution in [-0.4, -0.2) is 61.0 Å². The van der Waals surface area contributed by atoms with Gasteiger partial charge in [0.2, 0.25) is 10.0 Å². The molecule has 0 unspecified atom stereocenters. The fraction of sp³-hybridized carbons (Fsp3) is 0.556. The largest absolute Gasteiger partial charge is 0.387 e. The van der Waals surface area contributed by atoms with Gasteiger partial charge in [-0.05, 0) is 32.9 Å². The van der Waals surface area contributed by atoms with Gasteiger partial charge >= 0.3 is 0 Å². The van der Waals surface area contributed by atoms with Gasteiger partial charge in [-0.1, -0.05) is 22.9 Å². The maximum atomic E-state index is 12.9. The third-order valence-corrected chi connectivity index (χ3v) is 6.98. The fourth-order valence-corrected chi connectivity index (χ4v) is 4.68. The summed E-state index contributed by atoms with van der Waals surface area (Å²) in [5, 5.41) is 3.98.